The van der Waals surface area contributed by atoms with Crippen LogP contribution in [0.4, 0.5) is 17.8 Å². The molecule has 0 atom stereocenters. The van der Waals surface area contributed by atoms with E-state index in [1.807, 2.05) is 43.3 Å². The van der Waals surface area contributed by atoms with Crippen molar-refractivity contribution in [2.45, 2.75) is 0 Å². The van der Waals surface area contributed by atoms with E-state index in [0.717, 1.165) is 22.2 Å². The van der Waals surface area contributed by atoms with Crippen LogP contribution in [0.3, 0.4) is 0 Å². The summed E-state index contributed by atoms with van der Waals surface area (Å²) in [5.41, 5.74) is 3.95. The quantitative estimate of drug-likeness (QED) is 0.421. The number of morpholine rings is 1. The van der Waals surface area contributed by atoms with Gasteiger partial charge < -0.3 is 14.5 Å². The van der Waals surface area contributed by atoms with Gasteiger partial charge in [0.1, 0.15) is 0 Å². The molecule has 2 aromatic rings. The number of ether oxygens (including phenoxy) is 1. The Morgan fingerprint density at radius 2 is 1.96 bits per heavy atom. The van der Waals surface area contributed by atoms with Crippen molar-refractivity contribution < 1.29 is 4.74 Å². The number of hydrazone groups is 1. The molecule has 1 aromatic carbocycles. The first-order valence-electron chi connectivity index (χ1n) is 7.93. The Labute approximate surface area is 160 Å². The third kappa shape index (κ3) is 4.75. The molecule has 0 unspecified atom stereocenters. The Morgan fingerprint density at radius 1 is 1.20 bits per heavy atom. The summed E-state index contributed by atoms with van der Waals surface area (Å²) < 4.78 is 6.52. The number of hydrogen-bond donors (Lipinski definition) is 1. The minimum absolute atomic E-state index is 0.419. The molecule has 1 aromatic heterocycles. The van der Waals surface area contributed by atoms with Crippen LogP contribution in [-0.2, 0) is 4.74 Å². The zero-order valence-corrected chi connectivity index (χ0v) is 16.3. The molecule has 3 rings (SSSR count). The van der Waals surface area contributed by atoms with E-state index in [9.17, 15) is 0 Å². The first kappa shape index (κ1) is 17.8. The highest BCUT2D eigenvalue weighted by Gasteiger charge is 2.17. The largest absolute Gasteiger partial charge is 0.378 e. The maximum absolute atomic E-state index is 5.39. The number of hydrogen-bond acceptors (Lipinski definition) is 8. The number of halogens is 1. The van der Waals surface area contributed by atoms with Crippen molar-refractivity contribution in [1.29, 1.82) is 0 Å². The molecular weight excluding hydrogens is 433 g/mol. The smallest absolute Gasteiger partial charge is 0.250 e. The molecule has 0 radical (unpaired) electrons. The molecule has 0 saturated carbocycles. The monoisotopic (exact) mass is 453 g/mol. The predicted octanol–water partition coefficient (Wildman–Crippen LogP) is 1.82. The lowest BCUT2D eigenvalue weighted by Crippen LogP contribution is -2.37. The molecule has 9 heteroatoms. The van der Waals surface area contributed by atoms with Gasteiger partial charge in [0, 0.05) is 36.3 Å². The molecule has 1 saturated heterocycles. The Balaban J connectivity index is 1.80. The van der Waals surface area contributed by atoms with Crippen LogP contribution < -0.4 is 15.2 Å². The molecule has 25 heavy (non-hydrogen) atoms. The van der Waals surface area contributed by atoms with E-state index in [0.29, 0.717) is 31.1 Å². The van der Waals surface area contributed by atoms with Crippen LogP contribution in [-0.4, -0.2) is 61.6 Å². The number of nitrogens with zero attached hydrogens (tertiary/aromatic N) is 6. The lowest BCUT2D eigenvalue weighted by atomic mass is 10.2. The standard InChI is InChI=1S/C16H20IN7O/c1-23(2)15-19-14(20-16(21-15)24-7-9-25-10-8-24)22-18-11-12-5-3-4-6-13(12)17/h3-6,11H,7-10H2,1-2H3,(H,19,20,21,22)/b18-11-. The fourth-order valence-corrected chi connectivity index (χ4v) is 2.77. The molecule has 1 aliphatic rings. The van der Waals surface area contributed by atoms with E-state index in [2.05, 4.69) is 53.0 Å². The Morgan fingerprint density at radius 3 is 2.68 bits per heavy atom. The maximum Gasteiger partial charge on any atom is 0.250 e. The molecule has 0 bridgehead atoms. The highest BCUT2D eigenvalue weighted by Crippen LogP contribution is 2.16. The molecule has 1 aliphatic heterocycles. The summed E-state index contributed by atoms with van der Waals surface area (Å²) in [6.07, 6.45) is 1.76. The van der Waals surface area contributed by atoms with E-state index in [1.54, 1.807) is 6.21 Å². The molecule has 0 aliphatic carbocycles. The Bertz CT molecular complexity index is 747. The van der Waals surface area contributed by atoms with Gasteiger partial charge in [0.25, 0.3) is 0 Å². The Hall–Kier alpha value is -2.01. The third-order valence-corrected chi connectivity index (χ3v) is 4.56. The normalized spacial score (nSPS) is 14.8. The van der Waals surface area contributed by atoms with Crippen LogP contribution in [0.25, 0.3) is 0 Å². The van der Waals surface area contributed by atoms with Gasteiger partial charge >= 0.3 is 0 Å². The molecule has 8 nitrogen and oxygen atoms in total. The van der Waals surface area contributed by atoms with Gasteiger partial charge in [-0.05, 0) is 28.7 Å². The number of rotatable bonds is 5. The number of nitrogens with one attached hydrogen (secondary N) is 1. The molecule has 132 valence electrons. The Kier molecular flexibility index (Phi) is 5.97. The van der Waals surface area contributed by atoms with E-state index in [1.165, 1.54) is 0 Å². The summed E-state index contributed by atoms with van der Waals surface area (Å²) >= 11 is 2.28. The van der Waals surface area contributed by atoms with Gasteiger partial charge in [0.2, 0.25) is 17.8 Å². The van der Waals surface area contributed by atoms with Crippen LogP contribution in [0.15, 0.2) is 29.4 Å². The summed E-state index contributed by atoms with van der Waals surface area (Å²) in [7, 11) is 3.80. The maximum atomic E-state index is 5.39. The van der Waals surface area contributed by atoms with Gasteiger partial charge in [-0.1, -0.05) is 18.2 Å². The second-order valence-corrected chi connectivity index (χ2v) is 6.81. The van der Waals surface area contributed by atoms with Crippen molar-refractivity contribution in [2.24, 2.45) is 5.10 Å². The van der Waals surface area contributed by atoms with E-state index < -0.39 is 0 Å². The van der Waals surface area contributed by atoms with Crippen molar-refractivity contribution in [3.63, 3.8) is 0 Å². The van der Waals surface area contributed by atoms with Crippen LogP contribution in [0.5, 0.6) is 0 Å². The van der Waals surface area contributed by atoms with Crippen LogP contribution in [0, 0.1) is 3.57 Å². The topological polar surface area (TPSA) is 78.8 Å². The van der Waals surface area contributed by atoms with Crippen molar-refractivity contribution >= 4 is 46.7 Å². The lowest BCUT2D eigenvalue weighted by molar-refractivity contribution is 0.122. The fraction of sp³-hybridized carbons (Fsp3) is 0.375. The van der Waals surface area contributed by atoms with Gasteiger partial charge in [-0.25, -0.2) is 5.43 Å². The zero-order chi connectivity index (χ0) is 17.6. The molecule has 0 amide bonds. The van der Waals surface area contributed by atoms with Crippen LogP contribution >= 0.6 is 22.6 Å². The average Bonchev–Trinajstić information content (AvgIpc) is 2.64. The second kappa shape index (κ2) is 8.39. The van der Waals surface area contributed by atoms with Crippen molar-refractivity contribution in [3.05, 3.63) is 33.4 Å². The van der Waals surface area contributed by atoms with Crippen LogP contribution in [0.1, 0.15) is 5.56 Å². The fourth-order valence-electron chi connectivity index (χ4n) is 2.25. The van der Waals surface area contributed by atoms with E-state index in [4.69, 9.17) is 4.74 Å². The van der Waals surface area contributed by atoms with Crippen molar-refractivity contribution in [2.75, 3.05) is 55.6 Å². The van der Waals surface area contributed by atoms with Crippen molar-refractivity contribution in [1.82, 2.24) is 15.0 Å². The average molecular weight is 453 g/mol. The summed E-state index contributed by atoms with van der Waals surface area (Å²) in [5.74, 6) is 1.64. The first-order valence-corrected chi connectivity index (χ1v) is 9.01. The lowest BCUT2D eigenvalue weighted by Gasteiger charge is -2.27. The second-order valence-electron chi connectivity index (χ2n) is 5.64. The SMILES string of the molecule is CN(C)c1nc(N/N=C\c2ccccc2I)nc(N2CCOCC2)n1. The minimum atomic E-state index is 0.419. The van der Waals surface area contributed by atoms with Gasteiger partial charge in [-0.15, -0.1) is 0 Å². The minimum Gasteiger partial charge on any atom is -0.378 e. The van der Waals surface area contributed by atoms with Gasteiger partial charge in [-0.3, -0.25) is 0 Å². The van der Waals surface area contributed by atoms with Crippen LogP contribution in [0.2, 0.25) is 0 Å². The molecular formula is C16H20IN7O. The number of benzene rings is 1. The summed E-state index contributed by atoms with van der Waals surface area (Å²) in [6, 6.07) is 8.01. The number of anilines is 3. The summed E-state index contributed by atoms with van der Waals surface area (Å²) in [6.45, 7) is 2.89. The van der Waals surface area contributed by atoms with E-state index in [-0.39, 0.29) is 0 Å². The molecule has 2 heterocycles. The van der Waals surface area contributed by atoms with Gasteiger partial charge in [-0.2, -0.15) is 20.1 Å². The summed E-state index contributed by atoms with van der Waals surface area (Å²) in [5, 5.41) is 4.27. The molecule has 0 spiro atoms. The first-order chi connectivity index (χ1) is 12.1. The van der Waals surface area contributed by atoms with Gasteiger partial charge in [0.15, 0.2) is 0 Å². The zero-order valence-electron chi connectivity index (χ0n) is 14.2. The van der Waals surface area contributed by atoms with Gasteiger partial charge in [0.05, 0.1) is 19.4 Å². The molecule has 1 fully saturated rings. The molecule has 1 N–H and O–H groups in total. The summed E-state index contributed by atoms with van der Waals surface area (Å²) in [4.78, 5) is 17.3. The third-order valence-electron chi connectivity index (χ3n) is 3.58. The number of aromatic nitrogens is 3. The van der Waals surface area contributed by atoms with Crippen molar-refractivity contribution in [3.8, 4) is 0 Å². The van der Waals surface area contributed by atoms with E-state index >= 15 is 0 Å². The predicted molar refractivity (Wildman–Crippen MR) is 108 cm³/mol. The highest BCUT2D eigenvalue weighted by atomic mass is 127. The highest BCUT2D eigenvalue weighted by molar-refractivity contribution is 14.1.